The normalized spacial score (nSPS) is 18.2. The van der Waals surface area contributed by atoms with Gasteiger partial charge in [0.05, 0.1) is 12.2 Å². The van der Waals surface area contributed by atoms with Crippen molar-refractivity contribution in [1.82, 2.24) is 24.8 Å². The van der Waals surface area contributed by atoms with Crippen LogP contribution in [0.2, 0.25) is 0 Å². The van der Waals surface area contributed by atoms with E-state index in [1.165, 1.54) is 24.8 Å². The number of likely N-dealkylation sites (tertiary alicyclic amines) is 1. The van der Waals surface area contributed by atoms with Crippen LogP contribution < -0.4 is 0 Å². The van der Waals surface area contributed by atoms with Gasteiger partial charge in [-0.3, -0.25) is 9.69 Å². The molecule has 0 N–H and O–H groups in total. The maximum Gasteiger partial charge on any atom is 0.254 e. The Morgan fingerprint density at radius 1 is 1.00 bits per heavy atom. The topological polar surface area (TPSA) is 54.3 Å². The van der Waals surface area contributed by atoms with Crippen LogP contribution in [-0.2, 0) is 26.1 Å². The van der Waals surface area contributed by atoms with Gasteiger partial charge in [-0.1, -0.05) is 30.7 Å². The summed E-state index contributed by atoms with van der Waals surface area (Å²) in [6.07, 6.45) is 5.76. The number of carbonyl (C=O) groups excluding carboxylic acids is 1. The van der Waals surface area contributed by atoms with Gasteiger partial charge in [-0.15, -0.1) is 5.10 Å². The highest BCUT2D eigenvalue weighted by Crippen LogP contribution is 2.20. The molecule has 0 aliphatic carbocycles. The molecule has 0 atom stereocenters. The van der Waals surface area contributed by atoms with Gasteiger partial charge in [0.15, 0.2) is 0 Å². The first-order valence-corrected chi connectivity index (χ1v) is 10.3. The van der Waals surface area contributed by atoms with Crippen molar-refractivity contribution in [2.24, 2.45) is 0 Å². The number of amides is 1. The van der Waals surface area contributed by atoms with E-state index >= 15 is 0 Å². The molecule has 1 fully saturated rings. The van der Waals surface area contributed by atoms with Crippen LogP contribution >= 0.6 is 0 Å². The van der Waals surface area contributed by atoms with Gasteiger partial charge in [0, 0.05) is 25.2 Å². The van der Waals surface area contributed by atoms with Crippen LogP contribution in [0, 0.1) is 0 Å². The standard InChI is InChI=1S/C21H29N5O/c1-2-17-7-9-18(10-8-17)21(27)25-13-6-14-26-20(16-25)19(22-23-26)15-24-11-4-3-5-12-24/h7-10H,2-6,11-16H2,1H3. The zero-order chi connectivity index (χ0) is 18.6. The monoisotopic (exact) mass is 367 g/mol. The third-order valence-electron chi connectivity index (χ3n) is 5.78. The van der Waals surface area contributed by atoms with E-state index in [-0.39, 0.29) is 5.91 Å². The van der Waals surface area contributed by atoms with Gasteiger partial charge in [0.25, 0.3) is 5.91 Å². The molecule has 0 radical (unpaired) electrons. The molecular weight excluding hydrogens is 338 g/mol. The number of aryl methyl sites for hydroxylation is 2. The Bertz CT molecular complexity index is 776. The lowest BCUT2D eigenvalue weighted by Gasteiger charge is -2.26. The highest BCUT2D eigenvalue weighted by molar-refractivity contribution is 5.94. The lowest BCUT2D eigenvalue weighted by atomic mass is 10.1. The summed E-state index contributed by atoms with van der Waals surface area (Å²) in [6, 6.07) is 8.02. The minimum absolute atomic E-state index is 0.108. The first-order chi connectivity index (χ1) is 13.2. The van der Waals surface area contributed by atoms with Crippen LogP contribution in [0.4, 0.5) is 0 Å². The van der Waals surface area contributed by atoms with Crippen molar-refractivity contribution < 1.29 is 4.79 Å². The van der Waals surface area contributed by atoms with E-state index < -0.39 is 0 Å². The van der Waals surface area contributed by atoms with Crippen LogP contribution in [0.1, 0.15) is 59.9 Å². The zero-order valence-corrected chi connectivity index (χ0v) is 16.2. The lowest BCUT2D eigenvalue weighted by Crippen LogP contribution is -2.32. The number of carbonyl (C=O) groups is 1. The summed E-state index contributed by atoms with van der Waals surface area (Å²) in [5.74, 6) is 0.108. The molecule has 3 heterocycles. The summed E-state index contributed by atoms with van der Waals surface area (Å²) in [4.78, 5) is 17.5. The summed E-state index contributed by atoms with van der Waals surface area (Å²) >= 11 is 0. The highest BCUT2D eigenvalue weighted by Gasteiger charge is 2.25. The van der Waals surface area contributed by atoms with Crippen molar-refractivity contribution in [1.29, 1.82) is 0 Å². The first kappa shape index (κ1) is 18.2. The van der Waals surface area contributed by atoms with E-state index in [4.69, 9.17) is 0 Å². The summed E-state index contributed by atoms with van der Waals surface area (Å²) < 4.78 is 2.01. The van der Waals surface area contributed by atoms with Gasteiger partial charge in [-0.2, -0.15) is 0 Å². The second-order valence-electron chi connectivity index (χ2n) is 7.67. The fourth-order valence-electron chi connectivity index (χ4n) is 4.08. The molecule has 4 rings (SSSR count). The molecule has 1 saturated heterocycles. The molecular formula is C21H29N5O. The van der Waals surface area contributed by atoms with E-state index in [1.54, 1.807) is 0 Å². The van der Waals surface area contributed by atoms with Crippen LogP contribution in [0.15, 0.2) is 24.3 Å². The summed E-state index contributed by atoms with van der Waals surface area (Å²) in [7, 11) is 0. The largest absolute Gasteiger partial charge is 0.333 e. The van der Waals surface area contributed by atoms with Crippen LogP contribution in [0.5, 0.6) is 0 Å². The van der Waals surface area contributed by atoms with E-state index in [1.807, 2.05) is 21.7 Å². The minimum atomic E-state index is 0.108. The summed E-state index contributed by atoms with van der Waals surface area (Å²) in [5, 5.41) is 8.83. The Labute approximate surface area is 161 Å². The molecule has 2 aliphatic heterocycles. The molecule has 2 aliphatic rings. The van der Waals surface area contributed by atoms with Crippen molar-refractivity contribution in [3.63, 3.8) is 0 Å². The molecule has 1 amide bonds. The Balaban J connectivity index is 1.51. The van der Waals surface area contributed by atoms with E-state index in [2.05, 4.69) is 34.3 Å². The number of fused-ring (bicyclic) bond motifs is 1. The van der Waals surface area contributed by atoms with Gasteiger partial charge < -0.3 is 4.90 Å². The number of hydrogen-bond acceptors (Lipinski definition) is 4. The molecule has 1 aromatic heterocycles. The second kappa shape index (κ2) is 8.21. The molecule has 144 valence electrons. The SMILES string of the molecule is CCc1ccc(C(=O)N2CCCn3nnc(CN4CCCCC4)c3C2)cc1. The molecule has 2 aromatic rings. The molecule has 27 heavy (non-hydrogen) atoms. The second-order valence-corrected chi connectivity index (χ2v) is 7.67. The predicted octanol–water partition coefficient (Wildman–Crippen LogP) is 2.87. The van der Waals surface area contributed by atoms with Crippen molar-refractivity contribution in [3.05, 3.63) is 46.8 Å². The number of benzene rings is 1. The third kappa shape index (κ3) is 4.05. The molecule has 0 saturated carbocycles. The fraction of sp³-hybridized carbons (Fsp3) is 0.571. The molecule has 6 heteroatoms. The van der Waals surface area contributed by atoms with Crippen molar-refractivity contribution in [3.8, 4) is 0 Å². The Hall–Kier alpha value is -2.21. The molecule has 0 spiro atoms. The van der Waals surface area contributed by atoms with Crippen LogP contribution in [0.25, 0.3) is 0 Å². The predicted molar refractivity (Wildman–Crippen MR) is 104 cm³/mol. The number of rotatable bonds is 4. The Morgan fingerprint density at radius 3 is 2.52 bits per heavy atom. The minimum Gasteiger partial charge on any atom is -0.333 e. The fourth-order valence-corrected chi connectivity index (χ4v) is 4.08. The zero-order valence-electron chi connectivity index (χ0n) is 16.2. The number of hydrogen-bond donors (Lipinski definition) is 0. The van der Waals surface area contributed by atoms with E-state index in [9.17, 15) is 4.79 Å². The lowest BCUT2D eigenvalue weighted by molar-refractivity contribution is 0.0745. The van der Waals surface area contributed by atoms with Crippen molar-refractivity contribution >= 4 is 5.91 Å². The third-order valence-corrected chi connectivity index (χ3v) is 5.78. The smallest absolute Gasteiger partial charge is 0.254 e. The van der Waals surface area contributed by atoms with Gasteiger partial charge in [0.2, 0.25) is 0 Å². The number of piperidine rings is 1. The maximum atomic E-state index is 13.1. The van der Waals surface area contributed by atoms with Crippen molar-refractivity contribution in [2.75, 3.05) is 19.6 Å². The Morgan fingerprint density at radius 2 is 1.78 bits per heavy atom. The van der Waals surface area contributed by atoms with Gasteiger partial charge in [0.1, 0.15) is 5.69 Å². The quantitative estimate of drug-likeness (QED) is 0.834. The van der Waals surface area contributed by atoms with Crippen LogP contribution in [0.3, 0.4) is 0 Å². The highest BCUT2D eigenvalue weighted by atomic mass is 16.2. The molecule has 1 aromatic carbocycles. The average Bonchev–Trinajstić information content (AvgIpc) is 2.96. The summed E-state index contributed by atoms with van der Waals surface area (Å²) in [6.45, 7) is 7.45. The van der Waals surface area contributed by atoms with Crippen LogP contribution in [-0.4, -0.2) is 50.3 Å². The van der Waals surface area contributed by atoms with Gasteiger partial charge in [-0.05, 0) is 56.5 Å². The number of aromatic nitrogens is 3. The van der Waals surface area contributed by atoms with Crippen molar-refractivity contribution in [2.45, 2.75) is 58.7 Å². The van der Waals surface area contributed by atoms with Gasteiger partial charge >= 0.3 is 0 Å². The average molecular weight is 367 g/mol. The summed E-state index contributed by atoms with van der Waals surface area (Å²) in [5.41, 5.74) is 4.17. The maximum absolute atomic E-state index is 13.1. The molecule has 0 unspecified atom stereocenters. The van der Waals surface area contributed by atoms with E-state index in [0.29, 0.717) is 6.54 Å². The Kier molecular flexibility index (Phi) is 5.53. The molecule has 6 nitrogen and oxygen atoms in total. The van der Waals surface area contributed by atoms with E-state index in [0.717, 1.165) is 62.5 Å². The van der Waals surface area contributed by atoms with Gasteiger partial charge in [-0.25, -0.2) is 4.68 Å². The number of nitrogens with zero attached hydrogens (tertiary/aromatic N) is 5. The molecule has 0 bridgehead atoms. The first-order valence-electron chi connectivity index (χ1n) is 10.3.